The predicted molar refractivity (Wildman–Crippen MR) is 96.2 cm³/mol. The van der Waals surface area contributed by atoms with Crippen LogP contribution in [0.4, 0.5) is 5.82 Å². The van der Waals surface area contributed by atoms with Gasteiger partial charge >= 0.3 is 0 Å². The third-order valence-corrected chi connectivity index (χ3v) is 3.89. The van der Waals surface area contributed by atoms with Crippen molar-refractivity contribution in [1.82, 2.24) is 20.5 Å². The number of rotatable bonds is 6. The molecule has 0 aliphatic rings. The number of carbonyl (C=O) groups excluding carboxylic acids is 1. The van der Waals surface area contributed by atoms with Crippen molar-refractivity contribution in [3.63, 3.8) is 0 Å². The van der Waals surface area contributed by atoms with Crippen LogP contribution in [0.2, 0.25) is 5.02 Å². The number of hydrogen-bond acceptors (Lipinski definition) is 5. The molecule has 2 N–H and O–H groups in total. The minimum atomic E-state index is -0.276. The number of carbonyl (C=O) groups is 1. The maximum absolute atomic E-state index is 12.1. The average molecular weight is 354 g/mol. The average Bonchev–Trinajstić information content (AvgIpc) is 2.67. The van der Waals surface area contributed by atoms with E-state index in [1.165, 1.54) is 0 Å². The molecule has 0 bridgehead atoms. The van der Waals surface area contributed by atoms with E-state index in [1.807, 2.05) is 36.4 Å². The van der Waals surface area contributed by atoms with Crippen LogP contribution >= 0.6 is 11.6 Å². The first-order valence-corrected chi connectivity index (χ1v) is 8.08. The van der Waals surface area contributed by atoms with Crippen molar-refractivity contribution in [3.05, 3.63) is 82.8 Å². The van der Waals surface area contributed by atoms with Crippen LogP contribution in [0.5, 0.6) is 0 Å². The number of pyridine rings is 1. The van der Waals surface area contributed by atoms with Gasteiger partial charge in [-0.25, -0.2) is 0 Å². The maximum atomic E-state index is 12.1. The molecule has 6 nitrogen and oxygen atoms in total. The van der Waals surface area contributed by atoms with Gasteiger partial charge in [0.1, 0.15) is 5.82 Å². The Labute approximate surface area is 150 Å². The third kappa shape index (κ3) is 4.74. The van der Waals surface area contributed by atoms with Crippen molar-refractivity contribution in [2.24, 2.45) is 0 Å². The molecule has 0 fully saturated rings. The van der Waals surface area contributed by atoms with E-state index in [-0.39, 0.29) is 11.6 Å². The Morgan fingerprint density at radius 2 is 1.76 bits per heavy atom. The highest BCUT2D eigenvalue weighted by atomic mass is 35.5. The normalized spacial score (nSPS) is 10.3. The smallest absolute Gasteiger partial charge is 0.272 e. The van der Waals surface area contributed by atoms with Gasteiger partial charge in [0.2, 0.25) is 0 Å². The lowest BCUT2D eigenvalue weighted by Gasteiger charge is -2.07. The van der Waals surface area contributed by atoms with Crippen LogP contribution in [0.15, 0.2) is 60.9 Å². The largest absolute Gasteiger partial charge is 0.364 e. The Bertz CT molecular complexity index is 840. The zero-order valence-corrected chi connectivity index (χ0v) is 14.1. The SMILES string of the molecule is O=C(NCc1ccncc1)c1ccc(NCc2ccccc2Cl)nn1. The van der Waals surface area contributed by atoms with E-state index in [4.69, 9.17) is 11.6 Å². The fourth-order valence-electron chi connectivity index (χ4n) is 2.15. The molecule has 0 unspecified atom stereocenters. The van der Waals surface area contributed by atoms with Gasteiger partial charge in [-0.2, -0.15) is 0 Å². The molecule has 126 valence electrons. The van der Waals surface area contributed by atoms with Crippen LogP contribution in [-0.2, 0) is 13.1 Å². The molecule has 0 spiro atoms. The second-order valence-corrected chi connectivity index (χ2v) is 5.69. The lowest BCUT2D eigenvalue weighted by Crippen LogP contribution is -2.24. The second kappa shape index (κ2) is 8.21. The summed E-state index contributed by atoms with van der Waals surface area (Å²) in [5.41, 5.74) is 2.19. The predicted octanol–water partition coefficient (Wildman–Crippen LogP) is 3.07. The van der Waals surface area contributed by atoms with Gasteiger partial charge in [-0.05, 0) is 41.5 Å². The van der Waals surface area contributed by atoms with Gasteiger partial charge < -0.3 is 10.6 Å². The van der Waals surface area contributed by atoms with Crippen LogP contribution in [0.25, 0.3) is 0 Å². The Kier molecular flexibility index (Phi) is 5.53. The lowest BCUT2D eigenvalue weighted by molar-refractivity contribution is 0.0945. The Morgan fingerprint density at radius 3 is 2.48 bits per heavy atom. The van der Waals surface area contributed by atoms with Gasteiger partial charge in [-0.1, -0.05) is 29.8 Å². The molecule has 25 heavy (non-hydrogen) atoms. The van der Waals surface area contributed by atoms with Crippen LogP contribution < -0.4 is 10.6 Å². The molecule has 0 radical (unpaired) electrons. The van der Waals surface area contributed by atoms with E-state index >= 15 is 0 Å². The van der Waals surface area contributed by atoms with E-state index in [2.05, 4.69) is 25.8 Å². The second-order valence-electron chi connectivity index (χ2n) is 5.29. The number of halogens is 1. The third-order valence-electron chi connectivity index (χ3n) is 3.52. The van der Waals surface area contributed by atoms with E-state index in [0.29, 0.717) is 23.9 Å². The monoisotopic (exact) mass is 353 g/mol. The molecule has 2 aromatic heterocycles. The van der Waals surface area contributed by atoms with Gasteiger partial charge in [-0.15, -0.1) is 10.2 Å². The van der Waals surface area contributed by atoms with E-state index < -0.39 is 0 Å². The fourth-order valence-corrected chi connectivity index (χ4v) is 2.35. The number of nitrogens with one attached hydrogen (secondary N) is 2. The maximum Gasteiger partial charge on any atom is 0.272 e. The Morgan fingerprint density at radius 1 is 0.960 bits per heavy atom. The van der Waals surface area contributed by atoms with Gasteiger partial charge in [-0.3, -0.25) is 9.78 Å². The van der Waals surface area contributed by atoms with Crippen LogP contribution in [-0.4, -0.2) is 21.1 Å². The molecular formula is C18H16ClN5O. The summed E-state index contributed by atoms with van der Waals surface area (Å²) < 4.78 is 0. The molecule has 7 heteroatoms. The van der Waals surface area contributed by atoms with Crippen LogP contribution in [0.1, 0.15) is 21.6 Å². The molecule has 0 aliphatic carbocycles. The molecule has 0 saturated carbocycles. The first-order valence-electron chi connectivity index (χ1n) is 7.70. The van der Waals surface area contributed by atoms with Crippen molar-refractivity contribution in [1.29, 1.82) is 0 Å². The summed E-state index contributed by atoms with van der Waals surface area (Å²) >= 11 is 6.11. The van der Waals surface area contributed by atoms with Crippen molar-refractivity contribution < 1.29 is 4.79 Å². The topological polar surface area (TPSA) is 79.8 Å². The minimum absolute atomic E-state index is 0.261. The highest BCUT2D eigenvalue weighted by Gasteiger charge is 2.08. The van der Waals surface area contributed by atoms with Gasteiger partial charge in [0.15, 0.2) is 5.69 Å². The fraction of sp³-hybridized carbons (Fsp3) is 0.111. The van der Waals surface area contributed by atoms with E-state index in [9.17, 15) is 4.79 Å². The molecule has 2 heterocycles. The summed E-state index contributed by atoms with van der Waals surface area (Å²) in [6, 6.07) is 14.6. The number of aromatic nitrogens is 3. The molecule has 3 aromatic rings. The number of hydrogen-bond donors (Lipinski definition) is 2. The number of nitrogens with zero attached hydrogens (tertiary/aromatic N) is 3. The molecule has 0 saturated heterocycles. The zero-order chi connectivity index (χ0) is 17.5. The summed E-state index contributed by atoms with van der Waals surface area (Å²) in [6.45, 7) is 0.942. The molecule has 1 amide bonds. The highest BCUT2D eigenvalue weighted by molar-refractivity contribution is 6.31. The van der Waals surface area contributed by atoms with Crippen molar-refractivity contribution in [3.8, 4) is 0 Å². The van der Waals surface area contributed by atoms with Gasteiger partial charge in [0.25, 0.3) is 5.91 Å². The first-order chi connectivity index (χ1) is 12.2. The van der Waals surface area contributed by atoms with E-state index in [1.54, 1.807) is 24.5 Å². The lowest BCUT2D eigenvalue weighted by atomic mass is 10.2. The molecule has 3 rings (SSSR count). The standard InChI is InChI=1S/C18H16ClN5O/c19-15-4-2-1-3-14(15)12-21-17-6-5-16(23-24-17)18(25)22-11-13-7-9-20-10-8-13/h1-10H,11-12H2,(H,21,24)(H,22,25). The van der Waals surface area contributed by atoms with Gasteiger partial charge in [0.05, 0.1) is 0 Å². The van der Waals surface area contributed by atoms with Crippen molar-refractivity contribution in [2.75, 3.05) is 5.32 Å². The zero-order valence-electron chi connectivity index (χ0n) is 13.3. The summed E-state index contributed by atoms with van der Waals surface area (Å²) in [5, 5.41) is 14.6. The summed E-state index contributed by atoms with van der Waals surface area (Å²) in [5.74, 6) is 0.299. The first kappa shape index (κ1) is 16.9. The number of benzene rings is 1. The van der Waals surface area contributed by atoms with Gasteiger partial charge in [0, 0.05) is 30.5 Å². The quantitative estimate of drug-likeness (QED) is 0.712. The van der Waals surface area contributed by atoms with Crippen LogP contribution in [0.3, 0.4) is 0 Å². The van der Waals surface area contributed by atoms with Crippen molar-refractivity contribution in [2.45, 2.75) is 13.1 Å². The summed E-state index contributed by atoms with van der Waals surface area (Å²) in [4.78, 5) is 16.0. The number of amides is 1. The highest BCUT2D eigenvalue weighted by Crippen LogP contribution is 2.16. The molecule has 0 atom stereocenters. The summed E-state index contributed by atoms with van der Waals surface area (Å²) in [7, 11) is 0. The Hall–Kier alpha value is -2.99. The van der Waals surface area contributed by atoms with Crippen LogP contribution in [0, 0.1) is 0 Å². The molecular weight excluding hydrogens is 338 g/mol. The number of anilines is 1. The molecule has 0 aliphatic heterocycles. The molecule has 1 aromatic carbocycles. The summed E-state index contributed by atoms with van der Waals surface area (Å²) in [6.07, 6.45) is 3.36. The Balaban J connectivity index is 1.54. The van der Waals surface area contributed by atoms with Crippen molar-refractivity contribution >= 4 is 23.3 Å². The van der Waals surface area contributed by atoms with E-state index in [0.717, 1.165) is 11.1 Å². The minimum Gasteiger partial charge on any atom is -0.364 e.